The predicted octanol–water partition coefficient (Wildman–Crippen LogP) is 3.03. The molecule has 2 N–H and O–H groups in total. The number of carbonyl (C=O) groups is 1. The minimum absolute atomic E-state index is 0.146. The average Bonchev–Trinajstić information content (AvgIpc) is 3.21. The van der Waals surface area contributed by atoms with Crippen molar-refractivity contribution in [3.63, 3.8) is 0 Å². The molecule has 8 nitrogen and oxygen atoms in total. The zero-order valence-electron chi connectivity index (χ0n) is 17.4. The molecule has 1 amide bonds. The third-order valence-corrected chi connectivity index (χ3v) is 8.05. The monoisotopic (exact) mass is 451 g/mol. The van der Waals surface area contributed by atoms with E-state index in [1.807, 2.05) is 19.1 Å². The number of sulfonamides is 1. The Kier molecular flexibility index (Phi) is 7.93. The number of benzene rings is 1. The molecule has 10 heteroatoms. The summed E-state index contributed by atoms with van der Waals surface area (Å²) in [5.74, 6) is -0.340. The van der Waals surface area contributed by atoms with Crippen molar-refractivity contribution in [1.29, 1.82) is 0 Å². The Balaban J connectivity index is 1.51. The Morgan fingerprint density at radius 2 is 2.07 bits per heavy atom. The van der Waals surface area contributed by atoms with Crippen molar-refractivity contribution in [2.45, 2.75) is 56.3 Å². The van der Waals surface area contributed by atoms with Crippen molar-refractivity contribution >= 4 is 32.4 Å². The summed E-state index contributed by atoms with van der Waals surface area (Å²) in [5, 5.41) is 10.3. The maximum atomic E-state index is 12.5. The second kappa shape index (κ2) is 10.4. The molecule has 1 aromatic carbocycles. The van der Waals surface area contributed by atoms with Crippen molar-refractivity contribution in [2.24, 2.45) is 0 Å². The Morgan fingerprint density at radius 1 is 1.27 bits per heavy atom. The molecule has 1 aromatic heterocycles. The van der Waals surface area contributed by atoms with Crippen LogP contribution in [0.2, 0.25) is 0 Å². The molecule has 1 unspecified atom stereocenters. The second-order valence-electron chi connectivity index (χ2n) is 7.49. The third kappa shape index (κ3) is 5.84. The van der Waals surface area contributed by atoms with Gasteiger partial charge in [0.1, 0.15) is 0 Å². The number of likely N-dealkylation sites (tertiary alicyclic amines) is 1. The number of hydrogen-bond donors (Lipinski definition) is 2. The molecule has 1 saturated heterocycles. The molecule has 1 atom stereocenters. The van der Waals surface area contributed by atoms with Crippen LogP contribution >= 0.6 is 11.3 Å². The maximum absolute atomic E-state index is 12.5. The van der Waals surface area contributed by atoms with Crippen LogP contribution in [-0.4, -0.2) is 55.1 Å². The van der Waals surface area contributed by atoms with Gasteiger partial charge in [-0.2, -0.15) is 0 Å². The first-order valence-corrected chi connectivity index (χ1v) is 12.6. The smallest absolute Gasteiger partial charge is 0.269 e. The molecule has 1 aliphatic rings. The summed E-state index contributed by atoms with van der Waals surface area (Å²) < 4.78 is 27.4. The number of rotatable bonds is 9. The van der Waals surface area contributed by atoms with Gasteiger partial charge in [-0.25, -0.2) is 13.1 Å². The molecule has 3 rings (SSSR count). The van der Waals surface area contributed by atoms with E-state index in [9.17, 15) is 13.2 Å². The summed E-state index contributed by atoms with van der Waals surface area (Å²) in [6, 6.07) is 7.77. The van der Waals surface area contributed by atoms with Crippen LogP contribution in [0.25, 0.3) is 0 Å². The highest BCUT2D eigenvalue weighted by Gasteiger charge is 2.23. The second-order valence-corrected chi connectivity index (χ2v) is 10.4. The molecule has 1 fully saturated rings. The number of piperidine rings is 1. The van der Waals surface area contributed by atoms with Crippen molar-refractivity contribution in [3.05, 3.63) is 35.4 Å². The number of carbonyl (C=O) groups excluding carboxylic acids is 1. The van der Waals surface area contributed by atoms with Crippen LogP contribution in [-0.2, 0) is 10.0 Å². The lowest BCUT2D eigenvalue weighted by molar-refractivity contribution is 0.102. The van der Waals surface area contributed by atoms with Crippen LogP contribution in [0, 0.1) is 6.92 Å². The van der Waals surface area contributed by atoms with Gasteiger partial charge in [-0.15, -0.1) is 10.2 Å². The summed E-state index contributed by atoms with van der Waals surface area (Å²) in [6.07, 6.45) is 5.59. The number of nitrogens with one attached hydrogen (secondary N) is 2. The highest BCUT2D eigenvalue weighted by Crippen LogP contribution is 2.22. The van der Waals surface area contributed by atoms with Gasteiger partial charge in [-0.1, -0.05) is 42.9 Å². The molecular weight excluding hydrogens is 422 g/mol. The van der Waals surface area contributed by atoms with E-state index in [4.69, 9.17) is 0 Å². The van der Waals surface area contributed by atoms with E-state index in [1.165, 1.54) is 19.3 Å². The van der Waals surface area contributed by atoms with Crippen LogP contribution in [0.5, 0.6) is 0 Å². The van der Waals surface area contributed by atoms with E-state index >= 15 is 0 Å². The molecule has 2 heterocycles. The lowest BCUT2D eigenvalue weighted by atomic mass is 10.00. The summed E-state index contributed by atoms with van der Waals surface area (Å²) in [5.41, 5.74) is 1.34. The lowest BCUT2D eigenvalue weighted by Crippen LogP contribution is -2.40. The Labute approximate surface area is 182 Å². The van der Waals surface area contributed by atoms with Crippen LogP contribution < -0.4 is 10.0 Å². The lowest BCUT2D eigenvalue weighted by Gasteiger charge is -2.35. The largest absolute Gasteiger partial charge is 0.300 e. The minimum atomic E-state index is -3.75. The SMILES string of the molecule is CCC1CCCCN1CCCNS(=O)(=O)c1nnc(NC(=O)c2ccccc2C)s1. The van der Waals surface area contributed by atoms with Crippen LogP contribution in [0.3, 0.4) is 0 Å². The Morgan fingerprint density at radius 3 is 2.83 bits per heavy atom. The molecule has 0 radical (unpaired) electrons. The van der Waals surface area contributed by atoms with Gasteiger partial charge in [-0.05, 0) is 57.3 Å². The van der Waals surface area contributed by atoms with Crippen molar-refractivity contribution < 1.29 is 13.2 Å². The van der Waals surface area contributed by atoms with Gasteiger partial charge < -0.3 is 4.90 Å². The van der Waals surface area contributed by atoms with E-state index in [0.29, 0.717) is 18.2 Å². The number of aryl methyl sites for hydroxylation is 1. The highest BCUT2D eigenvalue weighted by molar-refractivity contribution is 7.91. The number of amides is 1. The highest BCUT2D eigenvalue weighted by atomic mass is 32.2. The average molecular weight is 452 g/mol. The molecule has 1 aliphatic heterocycles. The summed E-state index contributed by atoms with van der Waals surface area (Å²) in [7, 11) is -3.75. The van der Waals surface area contributed by atoms with Crippen LogP contribution in [0.4, 0.5) is 5.13 Å². The summed E-state index contributed by atoms with van der Waals surface area (Å²) >= 11 is 0.844. The zero-order valence-corrected chi connectivity index (χ0v) is 19.1. The topological polar surface area (TPSA) is 104 Å². The van der Waals surface area contributed by atoms with Gasteiger partial charge in [-0.3, -0.25) is 10.1 Å². The van der Waals surface area contributed by atoms with Crippen molar-refractivity contribution in [3.8, 4) is 0 Å². The fourth-order valence-corrected chi connectivity index (χ4v) is 5.74. The van der Waals surface area contributed by atoms with Crippen LogP contribution in [0.1, 0.15) is 54.9 Å². The van der Waals surface area contributed by atoms with E-state index in [-0.39, 0.29) is 15.4 Å². The quantitative estimate of drug-likeness (QED) is 0.449. The standard InChI is InChI=1S/C20H29N5O3S2/c1-3-16-10-6-7-13-25(16)14-8-12-21-30(27,28)20-24-23-19(29-20)22-18(26)17-11-5-4-9-15(17)2/h4-5,9,11,16,21H,3,6-8,10,12-14H2,1-2H3,(H,22,23,26). The molecular formula is C20H29N5O3S2. The van der Waals surface area contributed by atoms with E-state index < -0.39 is 10.0 Å². The van der Waals surface area contributed by atoms with Gasteiger partial charge in [0.15, 0.2) is 0 Å². The number of aromatic nitrogens is 2. The normalized spacial score (nSPS) is 17.7. The number of anilines is 1. The number of nitrogens with zero attached hydrogens (tertiary/aromatic N) is 3. The zero-order chi connectivity index (χ0) is 21.6. The Bertz CT molecular complexity index is 961. The van der Waals surface area contributed by atoms with E-state index in [2.05, 4.69) is 32.1 Å². The molecule has 164 valence electrons. The Hall–Kier alpha value is -1.88. The molecule has 0 spiro atoms. The fourth-order valence-electron chi connectivity index (χ4n) is 3.73. The summed E-state index contributed by atoms with van der Waals surface area (Å²) in [6.45, 7) is 6.36. The van der Waals surface area contributed by atoms with Crippen molar-refractivity contribution in [2.75, 3.05) is 25.0 Å². The van der Waals surface area contributed by atoms with Gasteiger partial charge in [0.25, 0.3) is 15.9 Å². The van der Waals surface area contributed by atoms with Crippen LogP contribution in [0.15, 0.2) is 28.6 Å². The first-order valence-electron chi connectivity index (χ1n) is 10.3. The minimum Gasteiger partial charge on any atom is -0.300 e. The predicted molar refractivity (Wildman–Crippen MR) is 118 cm³/mol. The first kappa shape index (κ1) is 22.8. The van der Waals surface area contributed by atoms with Crippen molar-refractivity contribution in [1.82, 2.24) is 19.8 Å². The fraction of sp³-hybridized carbons (Fsp3) is 0.550. The number of hydrogen-bond acceptors (Lipinski definition) is 7. The third-order valence-electron chi connectivity index (χ3n) is 5.38. The first-order chi connectivity index (χ1) is 14.4. The molecule has 30 heavy (non-hydrogen) atoms. The molecule has 0 bridgehead atoms. The molecule has 0 aliphatic carbocycles. The van der Waals surface area contributed by atoms with E-state index in [0.717, 1.165) is 42.8 Å². The summed E-state index contributed by atoms with van der Waals surface area (Å²) in [4.78, 5) is 14.8. The van der Waals surface area contributed by atoms with E-state index in [1.54, 1.807) is 12.1 Å². The van der Waals surface area contributed by atoms with Gasteiger partial charge in [0, 0.05) is 18.2 Å². The molecule has 2 aromatic rings. The maximum Gasteiger partial charge on any atom is 0.269 e. The van der Waals surface area contributed by atoms with Gasteiger partial charge in [0.05, 0.1) is 0 Å². The van der Waals surface area contributed by atoms with Gasteiger partial charge in [0.2, 0.25) is 9.47 Å². The molecule has 0 saturated carbocycles. The van der Waals surface area contributed by atoms with Gasteiger partial charge >= 0.3 is 0 Å².